The summed E-state index contributed by atoms with van der Waals surface area (Å²) in [6.07, 6.45) is 3.96. The molecule has 2 atom stereocenters. The van der Waals surface area contributed by atoms with Crippen molar-refractivity contribution in [1.29, 1.82) is 0 Å². The average molecular weight is 524 g/mol. The molecular formula is C26H26ClN5O5. The van der Waals surface area contributed by atoms with E-state index in [-0.39, 0.29) is 32.7 Å². The Morgan fingerprint density at radius 1 is 1.11 bits per heavy atom. The summed E-state index contributed by atoms with van der Waals surface area (Å²) in [5.41, 5.74) is 1.52. The number of hydrazine groups is 1. The average Bonchev–Trinajstić information content (AvgIpc) is 2.87. The summed E-state index contributed by atoms with van der Waals surface area (Å²) in [6.45, 7) is -0.0423. The Hall–Kier alpha value is -4.07. The van der Waals surface area contributed by atoms with Gasteiger partial charge in [0.1, 0.15) is 12.2 Å². The van der Waals surface area contributed by atoms with Crippen LogP contribution in [0.4, 0.5) is 4.79 Å². The molecule has 2 aliphatic rings. The number of urea groups is 1. The minimum Gasteiger partial charge on any atom is -0.481 e. The van der Waals surface area contributed by atoms with Crippen LogP contribution in [0.15, 0.2) is 54.6 Å². The van der Waals surface area contributed by atoms with Crippen molar-refractivity contribution in [2.45, 2.75) is 31.7 Å². The van der Waals surface area contributed by atoms with Crippen LogP contribution in [0.1, 0.15) is 17.5 Å². The second kappa shape index (κ2) is 11.3. The van der Waals surface area contributed by atoms with Crippen LogP contribution < -0.4 is 5.32 Å². The minimum atomic E-state index is -1.29. The monoisotopic (exact) mass is 523 g/mol. The summed E-state index contributed by atoms with van der Waals surface area (Å²) < 4.78 is 0. The first-order valence-corrected chi connectivity index (χ1v) is 12.0. The smallest absolute Gasteiger partial charge is 0.334 e. The maximum atomic E-state index is 13.5. The van der Waals surface area contributed by atoms with Crippen molar-refractivity contribution < 1.29 is 24.3 Å². The lowest BCUT2D eigenvalue weighted by Crippen LogP contribution is -2.76. The van der Waals surface area contributed by atoms with Crippen LogP contribution >= 0.6 is 11.6 Å². The summed E-state index contributed by atoms with van der Waals surface area (Å²) in [5, 5.41) is 15.6. The number of nitrogens with zero attached hydrogens (tertiary/aromatic N) is 4. The highest BCUT2D eigenvalue weighted by molar-refractivity contribution is 6.31. The van der Waals surface area contributed by atoms with E-state index in [0.29, 0.717) is 10.6 Å². The third kappa shape index (κ3) is 5.69. The number of piperazine rings is 1. The quantitative estimate of drug-likeness (QED) is 0.535. The van der Waals surface area contributed by atoms with Crippen LogP contribution in [0.3, 0.4) is 0 Å². The van der Waals surface area contributed by atoms with Crippen LogP contribution in [0, 0.1) is 12.3 Å². The summed E-state index contributed by atoms with van der Waals surface area (Å²) in [7, 11) is 0. The molecule has 2 fully saturated rings. The van der Waals surface area contributed by atoms with Crippen LogP contribution in [0.2, 0.25) is 5.02 Å². The first-order chi connectivity index (χ1) is 17.8. The number of halogens is 1. The Labute approximate surface area is 219 Å². The molecule has 37 heavy (non-hydrogen) atoms. The molecule has 0 bridgehead atoms. The number of terminal acetylenes is 1. The van der Waals surface area contributed by atoms with Gasteiger partial charge in [-0.05, 0) is 17.2 Å². The fraction of sp³-hybridized carbons (Fsp3) is 0.308. The number of carboxylic acids is 1. The van der Waals surface area contributed by atoms with Gasteiger partial charge in [0.2, 0.25) is 11.8 Å². The predicted octanol–water partition coefficient (Wildman–Crippen LogP) is 1.76. The standard InChI is InChI=1S/C26H26ClN5O5/c1-2-12-30-17-23(33)31-21(13-24(34)35)25(36)29(15-19-10-6-7-11-20(19)27)16-22(31)32(30)26(37)28-14-18-8-4-3-5-9-18/h1,3-11,21-22H,12-17H2,(H,28,37)(H,34,35)/t21-,22-/m0/s1. The number of hydrogen-bond donors (Lipinski definition) is 2. The van der Waals surface area contributed by atoms with Crippen molar-refractivity contribution in [1.82, 2.24) is 25.1 Å². The van der Waals surface area contributed by atoms with E-state index in [0.717, 1.165) is 5.56 Å². The van der Waals surface area contributed by atoms with Gasteiger partial charge >= 0.3 is 12.0 Å². The van der Waals surface area contributed by atoms with E-state index in [4.69, 9.17) is 18.0 Å². The van der Waals surface area contributed by atoms with E-state index in [1.54, 1.807) is 24.3 Å². The van der Waals surface area contributed by atoms with E-state index in [9.17, 15) is 24.3 Å². The van der Waals surface area contributed by atoms with Gasteiger partial charge in [0, 0.05) is 18.1 Å². The Balaban J connectivity index is 1.67. The second-order valence-electron chi connectivity index (χ2n) is 8.72. The highest BCUT2D eigenvalue weighted by Gasteiger charge is 2.51. The van der Waals surface area contributed by atoms with Crippen molar-refractivity contribution in [3.05, 3.63) is 70.7 Å². The topological polar surface area (TPSA) is 114 Å². The van der Waals surface area contributed by atoms with Gasteiger partial charge in [0.15, 0.2) is 0 Å². The maximum absolute atomic E-state index is 13.5. The summed E-state index contributed by atoms with van der Waals surface area (Å²) in [5.74, 6) is 0.216. The van der Waals surface area contributed by atoms with Crippen molar-refractivity contribution in [3.8, 4) is 12.3 Å². The van der Waals surface area contributed by atoms with Gasteiger partial charge in [-0.1, -0.05) is 66.1 Å². The third-order valence-electron chi connectivity index (χ3n) is 6.29. The fourth-order valence-electron chi connectivity index (χ4n) is 4.63. The minimum absolute atomic E-state index is 0.0309. The molecule has 0 saturated carbocycles. The Kier molecular flexibility index (Phi) is 7.96. The molecule has 4 rings (SSSR count). The molecule has 2 N–H and O–H groups in total. The molecule has 0 unspecified atom stereocenters. The largest absolute Gasteiger partial charge is 0.481 e. The Bertz CT molecular complexity index is 1230. The molecule has 4 amide bonds. The number of nitrogens with one attached hydrogen (secondary N) is 1. The second-order valence-corrected chi connectivity index (χ2v) is 9.13. The molecule has 0 radical (unpaired) electrons. The summed E-state index contributed by atoms with van der Waals surface area (Å²) >= 11 is 6.31. The van der Waals surface area contributed by atoms with Crippen molar-refractivity contribution >= 4 is 35.4 Å². The lowest BCUT2D eigenvalue weighted by molar-refractivity contribution is -0.190. The van der Waals surface area contributed by atoms with E-state index in [2.05, 4.69) is 11.2 Å². The van der Waals surface area contributed by atoms with Crippen LogP contribution in [-0.4, -0.2) is 80.6 Å². The van der Waals surface area contributed by atoms with Gasteiger partial charge < -0.3 is 20.2 Å². The highest BCUT2D eigenvalue weighted by Crippen LogP contribution is 2.29. The Morgan fingerprint density at radius 3 is 2.49 bits per heavy atom. The number of carbonyl (C=O) groups excluding carboxylic acids is 3. The van der Waals surface area contributed by atoms with Gasteiger partial charge in [0.25, 0.3) is 0 Å². The molecular weight excluding hydrogens is 498 g/mol. The van der Waals surface area contributed by atoms with Gasteiger partial charge in [-0.25, -0.2) is 9.80 Å². The number of aliphatic carboxylic acids is 1. The molecule has 2 aromatic rings. The number of amides is 4. The van der Waals surface area contributed by atoms with Crippen LogP contribution in [-0.2, 0) is 27.5 Å². The molecule has 11 heteroatoms. The first-order valence-electron chi connectivity index (χ1n) is 11.6. The predicted molar refractivity (Wildman–Crippen MR) is 134 cm³/mol. The zero-order valence-electron chi connectivity index (χ0n) is 19.9. The van der Waals surface area contributed by atoms with Crippen molar-refractivity contribution in [2.24, 2.45) is 0 Å². The lowest BCUT2D eigenvalue weighted by Gasteiger charge is -2.54. The molecule has 2 heterocycles. The van der Waals surface area contributed by atoms with Crippen LogP contribution in [0.25, 0.3) is 0 Å². The van der Waals surface area contributed by atoms with Gasteiger partial charge in [0.05, 0.1) is 26.1 Å². The number of fused-ring (bicyclic) bond motifs is 1. The fourth-order valence-corrected chi connectivity index (χ4v) is 4.83. The summed E-state index contributed by atoms with van der Waals surface area (Å²) in [6, 6.07) is 14.5. The molecule has 0 spiro atoms. The SMILES string of the molecule is C#CCN1CC(=O)N2[C@@H](CC(=O)O)C(=O)N(Cc3ccccc3Cl)C[C@@H]2N1C(=O)NCc1ccccc1. The van der Waals surface area contributed by atoms with E-state index >= 15 is 0 Å². The number of carboxylic acid groups (broad SMARTS) is 1. The normalized spacial score (nSPS) is 19.8. The zero-order valence-corrected chi connectivity index (χ0v) is 20.7. The maximum Gasteiger partial charge on any atom is 0.334 e. The molecule has 2 aromatic carbocycles. The van der Waals surface area contributed by atoms with Gasteiger partial charge in [-0.2, -0.15) is 5.01 Å². The lowest BCUT2D eigenvalue weighted by atomic mass is 10.0. The zero-order chi connectivity index (χ0) is 26.5. The summed E-state index contributed by atoms with van der Waals surface area (Å²) in [4.78, 5) is 54.4. The van der Waals surface area contributed by atoms with Crippen molar-refractivity contribution in [3.63, 3.8) is 0 Å². The molecule has 192 valence electrons. The first kappa shape index (κ1) is 26.0. The number of hydrogen-bond acceptors (Lipinski definition) is 5. The van der Waals surface area contributed by atoms with Crippen molar-refractivity contribution in [2.75, 3.05) is 19.6 Å². The van der Waals surface area contributed by atoms with E-state index in [1.165, 1.54) is 19.8 Å². The molecule has 2 saturated heterocycles. The molecule has 10 nitrogen and oxygen atoms in total. The van der Waals surface area contributed by atoms with E-state index in [1.807, 2.05) is 30.3 Å². The number of carbonyl (C=O) groups is 4. The Morgan fingerprint density at radius 2 is 1.81 bits per heavy atom. The third-order valence-corrected chi connectivity index (χ3v) is 6.65. The van der Waals surface area contributed by atoms with E-state index < -0.39 is 42.4 Å². The number of benzene rings is 2. The molecule has 2 aliphatic heterocycles. The molecule has 0 aliphatic carbocycles. The molecule has 0 aromatic heterocycles. The highest BCUT2D eigenvalue weighted by atomic mass is 35.5. The van der Waals surface area contributed by atoms with Gasteiger partial charge in [-0.3, -0.25) is 14.4 Å². The number of rotatable bonds is 7. The van der Waals surface area contributed by atoms with Gasteiger partial charge in [-0.15, -0.1) is 6.42 Å². The van der Waals surface area contributed by atoms with Crippen LogP contribution in [0.5, 0.6) is 0 Å².